The van der Waals surface area contributed by atoms with Crippen LogP contribution in [-0.4, -0.2) is 21.3 Å². The van der Waals surface area contributed by atoms with E-state index in [1.165, 1.54) is 6.07 Å². The number of hydrogen-bond acceptors (Lipinski definition) is 4. The summed E-state index contributed by atoms with van der Waals surface area (Å²) in [7, 11) is 0. The van der Waals surface area contributed by atoms with Crippen molar-refractivity contribution >= 4 is 45.0 Å². The first kappa shape index (κ1) is 12.8. The third-order valence-electron chi connectivity index (χ3n) is 2.08. The molecule has 0 spiro atoms. The highest BCUT2D eigenvalue weighted by molar-refractivity contribution is 9.10. The van der Waals surface area contributed by atoms with Crippen LogP contribution >= 0.6 is 27.5 Å². The highest BCUT2D eigenvalue weighted by atomic mass is 79.9. The van der Waals surface area contributed by atoms with Crippen molar-refractivity contribution in [1.29, 1.82) is 0 Å². The standard InChI is InChI=1S/C11H7BrClN3O2/c12-6-2-1-3-7(4-6)14-9-5-8(11(17)18)10(13)16-15-9/h1-5H,(H,14,15)(H,17,18). The maximum atomic E-state index is 10.9. The molecule has 0 unspecified atom stereocenters. The Hall–Kier alpha value is -1.66. The van der Waals surface area contributed by atoms with Crippen LogP contribution in [0.15, 0.2) is 34.8 Å². The van der Waals surface area contributed by atoms with Gasteiger partial charge in [0.25, 0.3) is 0 Å². The van der Waals surface area contributed by atoms with E-state index in [-0.39, 0.29) is 10.7 Å². The molecule has 1 aromatic carbocycles. The minimum absolute atomic E-state index is 0.0934. The number of halogens is 2. The van der Waals surface area contributed by atoms with Gasteiger partial charge in [-0.1, -0.05) is 33.6 Å². The SMILES string of the molecule is O=C(O)c1cc(Nc2cccc(Br)c2)nnc1Cl. The maximum Gasteiger partial charge on any atom is 0.339 e. The van der Waals surface area contributed by atoms with Crippen LogP contribution in [-0.2, 0) is 0 Å². The van der Waals surface area contributed by atoms with E-state index in [9.17, 15) is 4.79 Å². The summed E-state index contributed by atoms with van der Waals surface area (Å²) in [5, 5.41) is 19.1. The molecule has 92 valence electrons. The van der Waals surface area contributed by atoms with Gasteiger partial charge in [-0.3, -0.25) is 0 Å². The Morgan fingerprint density at radius 1 is 1.33 bits per heavy atom. The third-order valence-corrected chi connectivity index (χ3v) is 2.85. The van der Waals surface area contributed by atoms with Gasteiger partial charge in [-0.15, -0.1) is 10.2 Å². The lowest BCUT2D eigenvalue weighted by Crippen LogP contribution is -2.03. The summed E-state index contributed by atoms with van der Waals surface area (Å²) < 4.78 is 0.896. The number of carboxylic acid groups (broad SMARTS) is 1. The van der Waals surface area contributed by atoms with Gasteiger partial charge in [-0.05, 0) is 18.2 Å². The van der Waals surface area contributed by atoms with Crippen LogP contribution in [0, 0.1) is 0 Å². The molecule has 2 aromatic rings. The molecular formula is C11H7BrClN3O2. The number of carboxylic acids is 1. The molecule has 0 aliphatic heterocycles. The first-order valence-electron chi connectivity index (χ1n) is 4.85. The lowest BCUT2D eigenvalue weighted by molar-refractivity contribution is 0.0696. The number of anilines is 2. The fourth-order valence-corrected chi connectivity index (χ4v) is 1.87. The number of nitrogens with zero attached hydrogens (tertiary/aromatic N) is 2. The maximum absolute atomic E-state index is 10.9. The summed E-state index contributed by atoms with van der Waals surface area (Å²) in [4.78, 5) is 10.9. The van der Waals surface area contributed by atoms with Crippen LogP contribution < -0.4 is 5.32 Å². The molecule has 1 heterocycles. The van der Waals surface area contributed by atoms with Crippen molar-refractivity contribution in [3.8, 4) is 0 Å². The van der Waals surface area contributed by atoms with E-state index in [4.69, 9.17) is 16.7 Å². The second-order valence-electron chi connectivity index (χ2n) is 3.37. The van der Waals surface area contributed by atoms with Crippen molar-refractivity contribution in [2.24, 2.45) is 0 Å². The Morgan fingerprint density at radius 2 is 2.11 bits per heavy atom. The first-order chi connectivity index (χ1) is 8.56. The number of carbonyl (C=O) groups is 1. The second-order valence-corrected chi connectivity index (χ2v) is 4.65. The van der Waals surface area contributed by atoms with Gasteiger partial charge >= 0.3 is 5.97 Å². The molecule has 0 aliphatic rings. The van der Waals surface area contributed by atoms with E-state index >= 15 is 0 Å². The quantitative estimate of drug-likeness (QED) is 0.904. The topological polar surface area (TPSA) is 75.1 Å². The highest BCUT2D eigenvalue weighted by Gasteiger charge is 2.12. The number of nitrogens with one attached hydrogen (secondary N) is 1. The predicted molar refractivity (Wildman–Crippen MR) is 71.4 cm³/mol. The van der Waals surface area contributed by atoms with Crippen LogP contribution in [0.5, 0.6) is 0 Å². The zero-order valence-corrected chi connectivity index (χ0v) is 11.2. The molecule has 1 aromatic heterocycles. The molecule has 2 rings (SSSR count). The van der Waals surface area contributed by atoms with E-state index in [1.54, 1.807) is 0 Å². The van der Waals surface area contributed by atoms with Crippen molar-refractivity contribution in [2.45, 2.75) is 0 Å². The Morgan fingerprint density at radius 3 is 2.78 bits per heavy atom. The van der Waals surface area contributed by atoms with Crippen molar-refractivity contribution < 1.29 is 9.90 Å². The van der Waals surface area contributed by atoms with Crippen molar-refractivity contribution in [3.63, 3.8) is 0 Å². The predicted octanol–water partition coefficient (Wildman–Crippen LogP) is 3.33. The van der Waals surface area contributed by atoms with Crippen LogP contribution in [0.25, 0.3) is 0 Å². The number of benzene rings is 1. The van der Waals surface area contributed by atoms with E-state index in [1.807, 2.05) is 24.3 Å². The van der Waals surface area contributed by atoms with Crippen LogP contribution in [0.3, 0.4) is 0 Å². The summed E-state index contributed by atoms with van der Waals surface area (Å²) >= 11 is 8.96. The van der Waals surface area contributed by atoms with Gasteiger partial charge in [-0.2, -0.15) is 0 Å². The van der Waals surface area contributed by atoms with E-state index in [2.05, 4.69) is 31.4 Å². The summed E-state index contributed by atoms with van der Waals surface area (Å²) in [6, 6.07) is 8.70. The van der Waals surface area contributed by atoms with E-state index < -0.39 is 5.97 Å². The van der Waals surface area contributed by atoms with E-state index in [0.29, 0.717) is 5.82 Å². The van der Waals surface area contributed by atoms with Gasteiger partial charge < -0.3 is 10.4 Å². The zero-order valence-electron chi connectivity index (χ0n) is 8.89. The van der Waals surface area contributed by atoms with Crippen LogP contribution in [0.1, 0.15) is 10.4 Å². The van der Waals surface area contributed by atoms with Gasteiger partial charge in [0.2, 0.25) is 0 Å². The average Bonchev–Trinajstić information content (AvgIpc) is 2.31. The highest BCUT2D eigenvalue weighted by Crippen LogP contribution is 2.21. The Balaban J connectivity index is 2.30. The number of aromatic nitrogens is 2. The minimum atomic E-state index is -1.15. The number of rotatable bonds is 3. The van der Waals surface area contributed by atoms with Crippen molar-refractivity contribution in [1.82, 2.24) is 10.2 Å². The molecule has 2 N–H and O–H groups in total. The second kappa shape index (κ2) is 5.32. The first-order valence-corrected chi connectivity index (χ1v) is 6.02. The van der Waals surface area contributed by atoms with Gasteiger partial charge in [-0.25, -0.2) is 4.79 Å². The summed E-state index contributed by atoms with van der Waals surface area (Å²) in [6.45, 7) is 0. The average molecular weight is 329 g/mol. The molecule has 0 fully saturated rings. The van der Waals surface area contributed by atoms with Gasteiger partial charge in [0, 0.05) is 16.2 Å². The summed E-state index contributed by atoms with van der Waals surface area (Å²) in [6.07, 6.45) is 0. The molecular weight excluding hydrogens is 321 g/mol. The zero-order chi connectivity index (χ0) is 13.1. The molecule has 0 aliphatic carbocycles. The molecule has 0 atom stereocenters. The minimum Gasteiger partial charge on any atom is -0.478 e. The molecule has 18 heavy (non-hydrogen) atoms. The number of hydrogen-bond donors (Lipinski definition) is 2. The molecule has 0 saturated heterocycles. The monoisotopic (exact) mass is 327 g/mol. The molecule has 7 heteroatoms. The number of aromatic carboxylic acids is 1. The molecule has 0 saturated carbocycles. The Kier molecular flexibility index (Phi) is 3.78. The van der Waals surface area contributed by atoms with Gasteiger partial charge in [0.1, 0.15) is 5.56 Å². The fraction of sp³-hybridized carbons (Fsp3) is 0. The lowest BCUT2D eigenvalue weighted by atomic mass is 10.3. The van der Waals surface area contributed by atoms with Gasteiger partial charge in [0.05, 0.1) is 0 Å². The molecule has 0 amide bonds. The van der Waals surface area contributed by atoms with Gasteiger partial charge in [0.15, 0.2) is 11.0 Å². The summed E-state index contributed by atoms with van der Waals surface area (Å²) in [5.74, 6) is -0.831. The van der Waals surface area contributed by atoms with E-state index in [0.717, 1.165) is 10.2 Å². The Labute approximate surface area is 116 Å². The normalized spacial score (nSPS) is 10.1. The van der Waals surface area contributed by atoms with Crippen LogP contribution in [0.2, 0.25) is 5.15 Å². The molecule has 5 nitrogen and oxygen atoms in total. The molecule has 0 bridgehead atoms. The lowest BCUT2D eigenvalue weighted by Gasteiger charge is -2.06. The largest absolute Gasteiger partial charge is 0.478 e. The van der Waals surface area contributed by atoms with Crippen molar-refractivity contribution in [2.75, 3.05) is 5.32 Å². The Bertz CT molecular complexity index is 607. The van der Waals surface area contributed by atoms with Crippen molar-refractivity contribution in [3.05, 3.63) is 45.5 Å². The smallest absolute Gasteiger partial charge is 0.339 e. The third kappa shape index (κ3) is 2.96. The summed E-state index contributed by atoms with van der Waals surface area (Å²) in [5.41, 5.74) is 0.668. The fourth-order valence-electron chi connectivity index (χ4n) is 1.30. The van der Waals surface area contributed by atoms with Crippen LogP contribution in [0.4, 0.5) is 11.5 Å². The molecule has 0 radical (unpaired) electrons.